The van der Waals surface area contributed by atoms with E-state index in [2.05, 4.69) is 5.32 Å². The number of rotatable bonds is 4. The number of carbonyl (C=O) groups is 2. The summed E-state index contributed by atoms with van der Waals surface area (Å²) < 4.78 is 26.1. The third-order valence-corrected chi connectivity index (χ3v) is 6.50. The zero-order chi connectivity index (χ0) is 22.3. The normalized spacial score (nSPS) is 25.4. The fourth-order valence-electron chi connectivity index (χ4n) is 4.80. The van der Waals surface area contributed by atoms with Crippen molar-refractivity contribution in [2.24, 2.45) is 5.41 Å². The minimum atomic E-state index is -0.912. The summed E-state index contributed by atoms with van der Waals surface area (Å²) in [7, 11) is 0. The maximum atomic E-state index is 15.0. The maximum Gasteiger partial charge on any atom is 0.336 e. The standard InChI is InChI=1S/C24H27ClFNO4/c1-13-19(23(29)31-12-14-6-5-9-30-14)22(20-15(25)7-4-8-16(20)26)21-17(27-13)10-24(2,3)11-18(21)28/h4,7-8,14,22,27H,5-6,9-12H2,1-3H3/t14-,22-/m1/s1. The Kier molecular flexibility index (Phi) is 5.97. The quantitative estimate of drug-likeness (QED) is 0.671. The van der Waals surface area contributed by atoms with Crippen molar-refractivity contribution in [2.45, 2.75) is 58.5 Å². The van der Waals surface area contributed by atoms with Gasteiger partial charge in [-0.3, -0.25) is 4.79 Å². The highest BCUT2D eigenvalue weighted by molar-refractivity contribution is 6.31. The van der Waals surface area contributed by atoms with Crippen LogP contribution in [0.15, 0.2) is 40.7 Å². The van der Waals surface area contributed by atoms with Gasteiger partial charge >= 0.3 is 5.97 Å². The summed E-state index contributed by atoms with van der Waals surface area (Å²) in [5.74, 6) is -2.17. The lowest BCUT2D eigenvalue weighted by Crippen LogP contribution is -2.39. The first-order valence-corrected chi connectivity index (χ1v) is 11.0. The van der Waals surface area contributed by atoms with E-state index in [1.807, 2.05) is 13.8 Å². The number of ketones is 1. The second-order valence-electron chi connectivity index (χ2n) is 9.30. The molecule has 1 saturated heterocycles. The van der Waals surface area contributed by atoms with Gasteiger partial charge in [0.1, 0.15) is 12.4 Å². The molecule has 0 bridgehead atoms. The van der Waals surface area contributed by atoms with E-state index in [4.69, 9.17) is 21.1 Å². The molecule has 2 aliphatic heterocycles. The average Bonchev–Trinajstić information content (AvgIpc) is 3.18. The highest BCUT2D eigenvalue weighted by Crippen LogP contribution is 2.48. The van der Waals surface area contributed by atoms with E-state index in [0.29, 0.717) is 30.7 Å². The molecule has 1 fully saturated rings. The number of Topliss-reactive ketones (excluding diaryl/α,β-unsaturated/α-hetero) is 1. The molecule has 0 saturated carbocycles. The molecule has 0 spiro atoms. The molecule has 1 N–H and O–H groups in total. The Morgan fingerprint density at radius 3 is 2.81 bits per heavy atom. The Balaban J connectivity index is 1.78. The van der Waals surface area contributed by atoms with Gasteiger partial charge in [-0.1, -0.05) is 31.5 Å². The summed E-state index contributed by atoms with van der Waals surface area (Å²) in [5.41, 5.74) is 1.79. The number of benzene rings is 1. The molecular formula is C24H27ClFNO4. The molecule has 1 aromatic carbocycles. The largest absolute Gasteiger partial charge is 0.459 e. The molecule has 1 aliphatic carbocycles. The van der Waals surface area contributed by atoms with Gasteiger partial charge in [0.15, 0.2) is 5.78 Å². The van der Waals surface area contributed by atoms with Gasteiger partial charge in [0.2, 0.25) is 0 Å². The second kappa shape index (κ2) is 8.40. The summed E-state index contributed by atoms with van der Waals surface area (Å²) in [6.07, 6.45) is 2.55. The third kappa shape index (κ3) is 4.28. The monoisotopic (exact) mass is 447 g/mol. The van der Waals surface area contributed by atoms with Gasteiger partial charge < -0.3 is 14.8 Å². The minimum Gasteiger partial charge on any atom is -0.459 e. The lowest BCUT2D eigenvalue weighted by atomic mass is 9.68. The van der Waals surface area contributed by atoms with E-state index in [9.17, 15) is 9.59 Å². The number of ether oxygens (including phenoxy) is 2. The first-order chi connectivity index (χ1) is 14.7. The molecule has 7 heteroatoms. The fourth-order valence-corrected chi connectivity index (χ4v) is 5.08. The van der Waals surface area contributed by atoms with Crippen molar-refractivity contribution >= 4 is 23.4 Å². The van der Waals surface area contributed by atoms with E-state index < -0.39 is 17.7 Å². The van der Waals surface area contributed by atoms with E-state index in [0.717, 1.165) is 18.5 Å². The number of allylic oxidation sites excluding steroid dienone is 3. The van der Waals surface area contributed by atoms with Crippen molar-refractivity contribution in [3.8, 4) is 0 Å². The Bertz CT molecular complexity index is 971. The van der Waals surface area contributed by atoms with E-state index in [1.54, 1.807) is 13.0 Å². The average molecular weight is 448 g/mol. The van der Waals surface area contributed by atoms with E-state index in [-0.39, 0.29) is 40.1 Å². The van der Waals surface area contributed by atoms with Crippen molar-refractivity contribution < 1.29 is 23.5 Å². The van der Waals surface area contributed by atoms with E-state index >= 15 is 4.39 Å². The van der Waals surface area contributed by atoms with Crippen LogP contribution in [0.1, 0.15) is 57.9 Å². The molecule has 31 heavy (non-hydrogen) atoms. The highest BCUT2D eigenvalue weighted by Gasteiger charge is 2.44. The number of hydrogen-bond donors (Lipinski definition) is 1. The van der Waals surface area contributed by atoms with Gasteiger partial charge in [-0.25, -0.2) is 9.18 Å². The molecule has 1 aromatic rings. The summed E-state index contributed by atoms with van der Waals surface area (Å²) in [6.45, 7) is 6.57. The first-order valence-electron chi connectivity index (χ1n) is 10.6. The van der Waals surface area contributed by atoms with Gasteiger partial charge in [0.05, 0.1) is 17.6 Å². The Morgan fingerprint density at radius 2 is 2.13 bits per heavy atom. The summed E-state index contributed by atoms with van der Waals surface area (Å²) in [6, 6.07) is 4.38. The van der Waals surface area contributed by atoms with Crippen LogP contribution in [-0.4, -0.2) is 31.1 Å². The summed E-state index contributed by atoms with van der Waals surface area (Å²) in [5, 5.41) is 3.42. The van der Waals surface area contributed by atoms with Crippen LogP contribution >= 0.6 is 11.6 Å². The number of hydrogen-bond acceptors (Lipinski definition) is 5. The predicted octanol–water partition coefficient (Wildman–Crippen LogP) is 4.81. The lowest BCUT2D eigenvalue weighted by Gasteiger charge is -2.39. The van der Waals surface area contributed by atoms with Gasteiger partial charge in [-0.15, -0.1) is 0 Å². The Labute approximate surface area is 186 Å². The van der Waals surface area contributed by atoms with E-state index in [1.165, 1.54) is 12.1 Å². The molecule has 0 amide bonds. The molecule has 166 valence electrons. The predicted molar refractivity (Wildman–Crippen MR) is 115 cm³/mol. The molecule has 0 unspecified atom stereocenters. The third-order valence-electron chi connectivity index (χ3n) is 6.17. The van der Waals surface area contributed by atoms with Gasteiger partial charge in [0, 0.05) is 40.6 Å². The van der Waals surface area contributed by atoms with Gasteiger partial charge in [0.25, 0.3) is 0 Å². The van der Waals surface area contributed by atoms with Gasteiger partial charge in [-0.05, 0) is 43.7 Å². The van der Waals surface area contributed by atoms with Gasteiger partial charge in [-0.2, -0.15) is 0 Å². The molecule has 0 radical (unpaired) electrons. The van der Waals surface area contributed by atoms with Crippen LogP contribution in [-0.2, 0) is 19.1 Å². The SMILES string of the molecule is CC1=C(C(=O)OC[C@H]2CCCO2)[C@H](c2c(F)cccc2Cl)C2=C(CC(C)(C)CC2=O)N1. The van der Waals surface area contributed by atoms with Crippen LogP contribution in [0, 0.1) is 11.2 Å². The second-order valence-corrected chi connectivity index (χ2v) is 9.71. The van der Waals surface area contributed by atoms with Crippen LogP contribution in [0.3, 0.4) is 0 Å². The smallest absolute Gasteiger partial charge is 0.336 e. The number of carbonyl (C=O) groups excluding carboxylic acids is 2. The fraction of sp³-hybridized carbons (Fsp3) is 0.500. The van der Waals surface area contributed by atoms with Crippen molar-refractivity contribution in [3.05, 3.63) is 57.1 Å². The molecule has 4 rings (SSSR count). The maximum absolute atomic E-state index is 15.0. The lowest BCUT2D eigenvalue weighted by molar-refractivity contribution is -0.142. The Morgan fingerprint density at radius 1 is 1.35 bits per heavy atom. The molecule has 3 aliphatic rings. The first kappa shape index (κ1) is 22.0. The van der Waals surface area contributed by atoms with Crippen molar-refractivity contribution in [3.63, 3.8) is 0 Å². The summed E-state index contributed by atoms with van der Waals surface area (Å²) >= 11 is 6.41. The van der Waals surface area contributed by atoms with Crippen molar-refractivity contribution in [2.75, 3.05) is 13.2 Å². The van der Waals surface area contributed by atoms with Crippen LogP contribution in [0.4, 0.5) is 4.39 Å². The zero-order valence-corrected chi connectivity index (χ0v) is 18.8. The topological polar surface area (TPSA) is 64.6 Å². The molecule has 2 heterocycles. The van der Waals surface area contributed by atoms with Crippen LogP contribution in [0.5, 0.6) is 0 Å². The van der Waals surface area contributed by atoms with Crippen LogP contribution < -0.4 is 5.32 Å². The number of dihydropyridines is 1. The molecule has 2 atom stereocenters. The minimum absolute atomic E-state index is 0.111. The number of nitrogens with one attached hydrogen (secondary N) is 1. The molecule has 0 aromatic heterocycles. The summed E-state index contributed by atoms with van der Waals surface area (Å²) in [4.78, 5) is 26.4. The van der Waals surface area contributed by atoms with Crippen LogP contribution in [0.2, 0.25) is 5.02 Å². The number of halogens is 2. The Hall–Kier alpha value is -2.18. The van der Waals surface area contributed by atoms with Crippen LogP contribution in [0.25, 0.3) is 0 Å². The highest BCUT2D eigenvalue weighted by atomic mass is 35.5. The molecule has 5 nitrogen and oxygen atoms in total. The molecular weight excluding hydrogens is 421 g/mol. The number of esters is 1. The zero-order valence-electron chi connectivity index (χ0n) is 18.0. The van der Waals surface area contributed by atoms with Crippen molar-refractivity contribution in [1.29, 1.82) is 0 Å². The van der Waals surface area contributed by atoms with Crippen molar-refractivity contribution in [1.82, 2.24) is 5.32 Å².